The van der Waals surface area contributed by atoms with E-state index in [0.29, 0.717) is 19.1 Å². The molecule has 1 unspecified atom stereocenters. The molecule has 88 valence electrons. The lowest BCUT2D eigenvalue weighted by atomic mass is 9.99. The standard InChI is InChI=1S/C13H19NO2/c14-9-13(16-8-7-15)12-4-2-1-3-11(12)10-5-6-10/h1-4,10,13,15H,5-9,14H2. The lowest BCUT2D eigenvalue weighted by molar-refractivity contribution is 0.0324. The van der Waals surface area contributed by atoms with E-state index < -0.39 is 0 Å². The van der Waals surface area contributed by atoms with Crippen molar-refractivity contribution in [3.63, 3.8) is 0 Å². The van der Waals surface area contributed by atoms with Gasteiger partial charge in [-0.3, -0.25) is 0 Å². The molecule has 1 aliphatic rings. The first-order chi connectivity index (χ1) is 7.86. The normalized spacial score (nSPS) is 17.4. The molecule has 1 aromatic carbocycles. The monoisotopic (exact) mass is 221 g/mol. The third-order valence-electron chi connectivity index (χ3n) is 2.98. The van der Waals surface area contributed by atoms with E-state index in [-0.39, 0.29) is 12.7 Å². The van der Waals surface area contributed by atoms with Gasteiger partial charge in [-0.2, -0.15) is 0 Å². The Bertz CT molecular complexity index is 336. The highest BCUT2D eigenvalue weighted by Crippen LogP contribution is 2.43. The van der Waals surface area contributed by atoms with Crippen molar-refractivity contribution in [3.05, 3.63) is 35.4 Å². The molecule has 0 spiro atoms. The summed E-state index contributed by atoms with van der Waals surface area (Å²) in [6.07, 6.45) is 2.46. The number of aliphatic hydroxyl groups is 1. The van der Waals surface area contributed by atoms with E-state index in [9.17, 15) is 0 Å². The second kappa shape index (κ2) is 5.43. The van der Waals surface area contributed by atoms with Gasteiger partial charge < -0.3 is 15.6 Å². The summed E-state index contributed by atoms with van der Waals surface area (Å²) in [5, 5.41) is 8.78. The van der Waals surface area contributed by atoms with E-state index >= 15 is 0 Å². The van der Waals surface area contributed by atoms with Crippen LogP contribution in [0.4, 0.5) is 0 Å². The van der Waals surface area contributed by atoms with Gasteiger partial charge in [0.1, 0.15) is 0 Å². The molecule has 1 fully saturated rings. The summed E-state index contributed by atoms with van der Waals surface area (Å²) in [5.74, 6) is 0.697. The third-order valence-corrected chi connectivity index (χ3v) is 2.98. The molecule has 1 aliphatic carbocycles. The Morgan fingerprint density at radius 2 is 2.12 bits per heavy atom. The molecular weight excluding hydrogens is 202 g/mol. The molecule has 3 N–H and O–H groups in total. The molecule has 1 atom stereocenters. The quantitative estimate of drug-likeness (QED) is 0.766. The minimum Gasteiger partial charge on any atom is -0.394 e. The van der Waals surface area contributed by atoms with Crippen LogP contribution in [-0.4, -0.2) is 24.9 Å². The van der Waals surface area contributed by atoms with Crippen molar-refractivity contribution < 1.29 is 9.84 Å². The van der Waals surface area contributed by atoms with Crippen LogP contribution in [0.25, 0.3) is 0 Å². The van der Waals surface area contributed by atoms with Crippen molar-refractivity contribution in [1.29, 1.82) is 0 Å². The lowest BCUT2D eigenvalue weighted by Gasteiger charge is -2.19. The van der Waals surface area contributed by atoms with Crippen LogP contribution >= 0.6 is 0 Å². The fraction of sp³-hybridized carbons (Fsp3) is 0.538. The Hall–Kier alpha value is -0.900. The summed E-state index contributed by atoms with van der Waals surface area (Å²) >= 11 is 0. The summed E-state index contributed by atoms with van der Waals surface area (Å²) in [6.45, 7) is 0.854. The number of rotatable bonds is 6. The zero-order valence-corrected chi connectivity index (χ0v) is 9.43. The minimum absolute atomic E-state index is 0.0437. The summed E-state index contributed by atoms with van der Waals surface area (Å²) in [6, 6.07) is 8.34. The van der Waals surface area contributed by atoms with Gasteiger partial charge >= 0.3 is 0 Å². The van der Waals surface area contributed by atoms with Crippen LogP contribution in [0.2, 0.25) is 0 Å². The highest BCUT2D eigenvalue weighted by atomic mass is 16.5. The van der Waals surface area contributed by atoms with Crippen LogP contribution in [0.3, 0.4) is 0 Å². The van der Waals surface area contributed by atoms with Crippen molar-refractivity contribution in [2.45, 2.75) is 24.9 Å². The van der Waals surface area contributed by atoms with E-state index in [0.717, 1.165) is 0 Å². The van der Waals surface area contributed by atoms with Gasteiger partial charge in [-0.15, -0.1) is 0 Å². The second-order valence-electron chi connectivity index (χ2n) is 4.22. The van der Waals surface area contributed by atoms with Gasteiger partial charge in [-0.05, 0) is 29.9 Å². The summed E-state index contributed by atoms with van der Waals surface area (Å²) < 4.78 is 5.57. The predicted octanol–water partition coefficient (Wildman–Crippen LogP) is 1.57. The molecule has 16 heavy (non-hydrogen) atoms. The Morgan fingerprint density at radius 1 is 1.38 bits per heavy atom. The van der Waals surface area contributed by atoms with Crippen LogP contribution in [0.1, 0.15) is 36.0 Å². The number of benzene rings is 1. The predicted molar refractivity (Wildman–Crippen MR) is 63.3 cm³/mol. The molecule has 0 amide bonds. The molecule has 0 aliphatic heterocycles. The summed E-state index contributed by atoms with van der Waals surface area (Å²) in [4.78, 5) is 0. The highest BCUT2D eigenvalue weighted by molar-refractivity contribution is 5.35. The molecule has 1 saturated carbocycles. The van der Waals surface area contributed by atoms with E-state index in [4.69, 9.17) is 15.6 Å². The Balaban J connectivity index is 2.15. The van der Waals surface area contributed by atoms with Crippen LogP contribution in [0.15, 0.2) is 24.3 Å². The van der Waals surface area contributed by atoms with Crippen molar-refractivity contribution in [3.8, 4) is 0 Å². The number of hydrogen-bond donors (Lipinski definition) is 2. The molecule has 0 saturated heterocycles. The van der Waals surface area contributed by atoms with E-state index in [1.54, 1.807) is 0 Å². The van der Waals surface area contributed by atoms with Crippen LogP contribution < -0.4 is 5.73 Å². The largest absolute Gasteiger partial charge is 0.394 e. The maximum atomic E-state index is 8.78. The molecular formula is C13H19NO2. The number of hydrogen-bond acceptors (Lipinski definition) is 3. The summed E-state index contributed by atoms with van der Waals surface area (Å²) in [5.41, 5.74) is 8.29. The fourth-order valence-corrected chi connectivity index (χ4v) is 2.05. The Labute approximate surface area is 96.2 Å². The number of nitrogens with two attached hydrogens (primary N) is 1. The topological polar surface area (TPSA) is 55.5 Å². The van der Waals surface area contributed by atoms with Crippen molar-refractivity contribution in [2.24, 2.45) is 5.73 Å². The zero-order valence-electron chi connectivity index (χ0n) is 9.43. The van der Waals surface area contributed by atoms with Gasteiger partial charge in [0.05, 0.1) is 19.3 Å². The molecule has 2 rings (SSSR count). The third kappa shape index (κ3) is 2.61. The first-order valence-electron chi connectivity index (χ1n) is 5.88. The lowest BCUT2D eigenvalue weighted by Crippen LogP contribution is -2.18. The maximum Gasteiger partial charge on any atom is 0.0950 e. The number of ether oxygens (including phenoxy) is 1. The van der Waals surface area contributed by atoms with Gasteiger partial charge in [-0.1, -0.05) is 24.3 Å². The molecule has 0 heterocycles. The van der Waals surface area contributed by atoms with Crippen molar-refractivity contribution in [1.82, 2.24) is 0 Å². The van der Waals surface area contributed by atoms with E-state index in [2.05, 4.69) is 18.2 Å². The first-order valence-corrected chi connectivity index (χ1v) is 5.88. The van der Waals surface area contributed by atoms with Crippen LogP contribution in [0, 0.1) is 0 Å². The fourth-order valence-electron chi connectivity index (χ4n) is 2.05. The first kappa shape index (κ1) is 11.6. The SMILES string of the molecule is NCC(OCCO)c1ccccc1C1CC1. The maximum absolute atomic E-state index is 8.78. The number of aliphatic hydroxyl groups excluding tert-OH is 1. The van der Waals surface area contributed by atoms with Gasteiger partial charge in [0.25, 0.3) is 0 Å². The van der Waals surface area contributed by atoms with Crippen molar-refractivity contribution >= 4 is 0 Å². The highest BCUT2D eigenvalue weighted by Gasteiger charge is 2.27. The van der Waals surface area contributed by atoms with E-state index in [1.165, 1.54) is 24.0 Å². The molecule has 3 heteroatoms. The van der Waals surface area contributed by atoms with E-state index in [1.807, 2.05) is 6.07 Å². The molecule has 1 aromatic rings. The second-order valence-corrected chi connectivity index (χ2v) is 4.22. The average Bonchev–Trinajstić information content (AvgIpc) is 3.15. The van der Waals surface area contributed by atoms with Gasteiger partial charge in [0.15, 0.2) is 0 Å². The van der Waals surface area contributed by atoms with Gasteiger partial charge in [0, 0.05) is 6.54 Å². The van der Waals surface area contributed by atoms with Gasteiger partial charge in [-0.25, -0.2) is 0 Å². The molecule has 3 nitrogen and oxygen atoms in total. The Morgan fingerprint density at radius 3 is 2.75 bits per heavy atom. The minimum atomic E-state index is -0.0797. The van der Waals surface area contributed by atoms with Gasteiger partial charge in [0.2, 0.25) is 0 Å². The Kier molecular flexibility index (Phi) is 3.93. The average molecular weight is 221 g/mol. The zero-order chi connectivity index (χ0) is 11.4. The summed E-state index contributed by atoms with van der Waals surface area (Å²) in [7, 11) is 0. The van der Waals surface area contributed by atoms with Crippen LogP contribution in [-0.2, 0) is 4.74 Å². The van der Waals surface area contributed by atoms with Crippen LogP contribution in [0.5, 0.6) is 0 Å². The molecule has 0 radical (unpaired) electrons. The molecule has 0 aromatic heterocycles. The molecule has 0 bridgehead atoms. The smallest absolute Gasteiger partial charge is 0.0950 e. The van der Waals surface area contributed by atoms with Crippen molar-refractivity contribution in [2.75, 3.05) is 19.8 Å².